The molecule has 2 saturated heterocycles. The first-order valence-electron chi connectivity index (χ1n) is 15.7. The molecule has 0 unspecified atom stereocenters. The van der Waals surface area contributed by atoms with Crippen LogP contribution >= 0.6 is 11.6 Å². The number of hydrogen-bond donors (Lipinski definition) is 2. The van der Waals surface area contributed by atoms with Crippen molar-refractivity contribution in [1.82, 2.24) is 24.7 Å². The molecule has 7 rings (SSSR count). The number of nitrogens with one attached hydrogen (secondary N) is 2. The Kier molecular flexibility index (Phi) is 9.24. The molecule has 2 aliphatic rings. The number of piperazine rings is 1. The Morgan fingerprint density at radius 2 is 1.61 bits per heavy atom. The highest BCUT2D eigenvalue weighted by atomic mass is 35.5. The zero-order valence-electron chi connectivity index (χ0n) is 25.9. The summed E-state index contributed by atoms with van der Waals surface area (Å²) in [6, 6.07) is 20.0. The van der Waals surface area contributed by atoms with Gasteiger partial charge in [-0.2, -0.15) is 0 Å². The highest BCUT2D eigenvalue weighted by Crippen LogP contribution is 2.30. The second-order valence-corrected chi connectivity index (χ2v) is 12.6. The third kappa shape index (κ3) is 6.57. The minimum Gasteiger partial charge on any atom is -0.361 e. The predicted molar refractivity (Wildman–Crippen MR) is 179 cm³/mol. The van der Waals surface area contributed by atoms with Crippen molar-refractivity contribution < 1.29 is 18.8 Å². The van der Waals surface area contributed by atoms with Gasteiger partial charge in [-0.15, -0.1) is 0 Å². The highest BCUT2D eigenvalue weighted by Gasteiger charge is 2.34. The van der Waals surface area contributed by atoms with E-state index in [4.69, 9.17) is 11.6 Å². The molecule has 10 heteroatoms. The first-order valence-corrected chi connectivity index (χ1v) is 16.0. The molecule has 2 fully saturated rings. The van der Waals surface area contributed by atoms with Crippen LogP contribution in [0.25, 0.3) is 21.8 Å². The lowest BCUT2D eigenvalue weighted by Gasteiger charge is -2.44. The molecule has 5 aromatic rings. The standard InChI is InChI=1S/C28H30ClFN4O3.C8H7N/c1-17-15-34(18(2)14-33(17)16-19-5-7-20(30)8-6-19)27(36)22-11-21-23(13-31-25(21)12-24(22)29)26(35)28(37)32-9-3-4-10-32;1-2-4-8-7(3-1)5-6-9-8/h5-8,11-13,17-18,31H,3-4,9-10,14-16H2,1-2H3;1-6,9H/t17-,18+;/m0./s1. The lowest BCUT2D eigenvalue weighted by molar-refractivity contribution is -0.125. The zero-order valence-corrected chi connectivity index (χ0v) is 26.7. The average Bonchev–Trinajstić information content (AvgIpc) is 3.84. The van der Waals surface area contributed by atoms with Gasteiger partial charge in [0.1, 0.15) is 5.82 Å². The molecular formula is C36H37ClFN5O3. The van der Waals surface area contributed by atoms with Gasteiger partial charge in [-0.25, -0.2) is 4.39 Å². The van der Waals surface area contributed by atoms with Crippen LogP contribution in [-0.2, 0) is 11.3 Å². The number of carbonyl (C=O) groups excluding carboxylic acids is 3. The lowest BCUT2D eigenvalue weighted by Crippen LogP contribution is -2.57. The van der Waals surface area contributed by atoms with Gasteiger partial charge in [-0.05, 0) is 74.0 Å². The summed E-state index contributed by atoms with van der Waals surface area (Å²) in [6.45, 7) is 7.06. The SMILES string of the molecule is C[C@@H]1CN(Cc2ccc(F)cc2)[C@@H](C)CN1C(=O)c1cc2c(C(=O)C(=O)N3CCCC3)c[nH]c2cc1Cl.c1ccc2[nH]ccc2c1. The van der Waals surface area contributed by atoms with E-state index in [1.54, 1.807) is 29.2 Å². The number of amides is 2. The molecule has 3 aromatic carbocycles. The molecule has 2 amide bonds. The van der Waals surface area contributed by atoms with E-state index in [-0.39, 0.29) is 34.4 Å². The third-order valence-corrected chi connectivity index (χ3v) is 9.28. The van der Waals surface area contributed by atoms with Gasteiger partial charge in [0.15, 0.2) is 0 Å². The maximum Gasteiger partial charge on any atom is 0.295 e. The average molecular weight is 642 g/mol. The van der Waals surface area contributed by atoms with Crippen LogP contribution in [0.15, 0.2) is 79.1 Å². The molecule has 46 heavy (non-hydrogen) atoms. The number of benzene rings is 3. The van der Waals surface area contributed by atoms with Crippen molar-refractivity contribution in [3.63, 3.8) is 0 Å². The van der Waals surface area contributed by atoms with Gasteiger partial charge in [-0.3, -0.25) is 19.3 Å². The van der Waals surface area contributed by atoms with Gasteiger partial charge in [-0.1, -0.05) is 41.9 Å². The fourth-order valence-electron chi connectivity index (χ4n) is 6.35. The molecule has 8 nitrogen and oxygen atoms in total. The number of ketones is 1. The smallest absolute Gasteiger partial charge is 0.295 e. The number of aromatic amines is 2. The molecule has 2 aromatic heterocycles. The van der Waals surface area contributed by atoms with Gasteiger partial charge in [0.2, 0.25) is 0 Å². The molecule has 0 saturated carbocycles. The van der Waals surface area contributed by atoms with Crippen molar-refractivity contribution in [2.24, 2.45) is 0 Å². The summed E-state index contributed by atoms with van der Waals surface area (Å²) in [4.78, 5) is 51.2. The second kappa shape index (κ2) is 13.5. The Morgan fingerprint density at radius 1 is 0.870 bits per heavy atom. The van der Waals surface area contributed by atoms with E-state index in [1.807, 2.05) is 30.2 Å². The summed E-state index contributed by atoms with van der Waals surface area (Å²) < 4.78 is 13.3. The number of fused-ring (bicyclic) bond motifs is 2. The van der Waals surface area contributed by atoms with Crippen LogP contribution in [0.1, 0.15) is 53.0 Å². The summed E-state index contributed by atoms with van der Waals surface area (Å²) in [5, 5.41) is 2.08. The largest absolute Gasteiger partial charge is 0.361 e. The Morgan fingerprint density at radius 3 is 2.35 bits per heavy atom. The summed E-state index contributed by atoms with van der Waals surface area (Å²) >= 11 is 6.54. The van der Waals surface area contributed by atoms with Crippen LogP contribution in [-0.4, -0.2) is 80.5 Å². The fourth-order valence-corrected chi connectivity index (χ4v) is 6.59. The normalized spacial score (nSPS) is 18.5. The summed E-state index contributed by atoms with van der Waals surface area (Å²) in [5.74, 6) is -1.56. The molecule has 238 valence electrons. The number of nitrogens with zero attached hydrogens (tertiary/aromatic N) is 3. The number of para-hydroxylation sites is 1. The van der Waals surface area contributed by atoms with E-state index in [1.165, 1.54) is 29.2 Å². The van der Waals surface area contributed by atoms with Gasteiger partial charge in [0, 0.05) is 73.6 Å². The second-order valence-electron chi connectivity index (χ2n) is 12.2. The van der Waals surface area contributed by atoms with E-state index in [2.05, 4.69) is 40.0 Å². The fraction of sp³-hybridized carbons (Fsp3) is 0.306. The highest BCUT2D eigenvalue weighted by molar-refractivity contribution is 6.45. The molecule has 0 radical (unpaired) electrons. The quantitative estimate of drug-likeness (QED) is 0.166. The van der Waals surface area contributed by atoms with Crippen molar-refractivity contribution in [2.45, 2.75) is 45.3 Å². The first kappa shape index (κ1) is 31.5. The monoisotopic (exact) mass is 641 g/mol. The van der Waals surface area contributed by atoms with Crippen LogP contribution in [0.4, 0.5) is 4.39 Å². The summed E-state index contributed by atoms with van der Waals surface area (Å²) in [6.07, 6.45) is 5.26. The number of rotatable bonds is 5. The first-order chi connectivity index (χ1) is 22.2. The van der Waals surface area contributed by atoms with Crippen molar-refractivity contribution in [3.8, 4) is 0 Å². The maximum absolute atomic E-state index is 13.7. The number of H-pyrrole nitrogens is 2. The Bertz CT molecular complexity index is 1850. The predicted octanol–water partition coefficient (Wildman–Crippen LogP) is 6.67. The molecule has 0 aliphatic carbocycles. The topological polar surface area (TPSA) is 92.5 Å². The van der Waals surface area contributed by atoms with Crippen LogP contribution in [0.2, 0.25) is 5.02 Å². The Hall–Kier alpha value is -4.47. The summed E-state index contributed by atoms with van der Waals surface area (Å²) in [5.41, 5.74) is 3.38. The van der Waals surface area contributed by atoms with Gasteiger partial charge < -0.3 is 19.8 Å². The number of likely N-dealkylation sites (tertiary alicyclic amines) is 1. The third-order valence-electron chi connectivity index (χ3n) is 8.97. The van der Waals surface area contributed by atoms with Gasteiger partial charge in [0.25, 0.3) is 17.6 Å². The van der Waals surface area contributed by atoms with Gasteiger partial charge >= 0.3 is 0 Å². The molecule has 4 heterocycles. The van der Waals surface area contributed by atoms with Crippen LogP contribution in [0.5, 0.6) is 0 Å². The maximum atomic E-state index is 13.7. The number of aromatic nitrogens is 2. The molecular weight excluding hydrogens is 605 g/mol. The summed E-state index contributed by atoms with van der Waals surface area (Å²) in [7, 11) is 0. The minimum absolute atomic E-state index is 0.0789. The van der Waals surface area contributed by atoms with Crippen molar-refractivity contribution >= 4 is 51.0 Å². The molecule has 2 aliphatic heterocycles. The van der Waals surface area contributed by atoms with E-state index in [9.17, 15) is 18.8 Å². The lowest BCUT2D eigenvalue weighted by atomic mass is 10.0. The molecule has 2 atom stereocenters. The number of Topliss-reactive ketones (excluding diaryl/α,β-unsaturated/α-hetero) is 1. The van der Waals surface area contributed by atoms with Crippen molar-refractivity contribution in [3.05, 3.63) is 107 Å². The number of hydrogen-bond acceptors (Lipinski definition) is 4. The number of halogens is 2. The van der Waals surface area contributed by atoms with Crippen molar-refractivity contribution in [2.75, 3.05) is 26.2 Å². The van der Waals surface area contributed by atoms with Crippen LogP contribution in [0.3, 0.4) is 0 Å². The van der Waals surface area contributed by atoms with E-state index in [0.717, 1.165) is 18.4 Å². The van der Waals surface area contributed by atoms with E-state index in [0.29, 0.717) is 49.2 Å². The van der Waals surface area contributed by atoms with E-state index < -0.39 is 11.7 Å². The van der Waals surface area contributed by atoms with Crippen LogP contribution < -0.4 is 0 Å². The molecule has 2 N–H and O–H groups in total. The molecule has 0 spiro atoms. The van der Waals surface area contributed by atoms with Crippen LogP contribution in [0, 0.1) is 5.82 Å². The van der Waals surface area contributed by atoms with E-state index >= 15 is 0 Å². The zero-order chi connectivity index (χ0) is 32.4. The Balaban J connectivity index is 0.000000352. The minimum atomic E-state index is -0.578. The number of carbonyl (C=O) groups is 3. The van der Waals surface area contributed by atoms with Gasteiger partial charge in [0.05, 0.1) is 16.1 Å². The molecule has 0 bridgehead atoms. The van der Waals surface area contributed by atoms with Crippen molar-refractivity contribution in [1.29, 1.82) is 0 Å². The Labute approximate surface area is 272 Å².